The molecule has 2 aromatic carbocycles. The molecule has 0 unspecified atom stereocenters. The minimum Gasteiger partial charge on any atom is -0.336 e. The molecule has 0 radical (unpaired) electrons. The number of halogens is 1. The SMILES string of the molecule is CCCCC(=O)Nc1cncc(-c2ccc3[nH]nc(-c4nc5c(-c6cc(F)cc(CNS(C)(=O)=O)c6)nccc5[nH]4)c3c2)c1. The second-order valence-electron chi connectivity index (χ2n) is 10.5. The molecule has 4 N–H and O–H groups in total. The molecule has 11 nitrogen and oxygen atoms in total. The lowest BCUT2D eigenvalue weighted by Gasteiger charge is -2.07. The average Bonchev–Trinajstić information content (AvgIpc) is 3.62. The van der Waals surface area contributed by atoms with Gasteiger partial charge in [0.2, 0.25) is 15.9 Å². The number of carbonyl (C=O) groups excluding carboxylic acids is 1. The van der Waals surface area contributed by atoms with E-state index in [0.717, 1.165) is 41.1 Å². The van der Waals surface area contributed by atoms with Gasteiger partial charge in [0.15, 0.2) is 5.82 Å². The number of hydrogen-bond donors (Lipinski definition) is 4. The fourth-order valence-electron chi connectivity index (χ4n) is 4.96. The summed E-state index contributed by atoms with van der Waals surface area (Å²) in [4.78, 5) is 29.1. The number of sulfonamides is 1. The zero-order chi connectivity index (χ0) is 30.8. The molecule has 0 atom stereocenters. The van der Waals surface area contributed by atoms with Gasteiger partial charge in [-0.1, -0.05) is 19.4 Å². The number of anilines is 1. The molecule has 0 spiro atoms. The normalized spacial score (nSPS) is 11.8. The number of H-pyrrole nitrogens is 2. The lowest BCUT2D eigenvalue weighted by Crippen LogP contribution is -2.21. The second kappa shape index (κ2) is 11.9. The topological polar surface area (TPSA) is 158 Å². The number of carbonyl (C=O) groups is 1. The summed E-state index contributed by atoms with van der Waals surface area (Å²) in [5.41, 5.74) is 6.25. The van der Waals surface area contributed by atoms with Crippen molar-refractivity contribution in [2.75, 3.05) is 11.6 Å². The van der Waals surface area contributed by atoms with Crippen molar-refractivity contribution in [3.63, 3.8) is 0 Å². The van der Waals surface area contributed by atoms with Crippen LogP contribution in [0.25, 0.3) is 55.8 Å². The first-order valence-corrected chi connectivity index (χ1v) is 15.9. The summed E-state index contributed by atoms with van der Waals surface area (Å²) in [6.07, 6.45) is 8.23. The van der Waals surface area contributed by atoms with Gasteiger partial charge in [0.05, 0.1) is 34.9 Å². The third-order valence-electron chi connectivity index (χ3n) is 7.07. The average molecular weight is 613 g/mol. The van der Waals surface area contributed by atoms with E-state index in [1.165, 1.54) is 12.1 Å². The van der Waals surface area contributed by atoms with Crippen molar-refractivity contribution in [2.24, 2.45) is 0 Å². The van der Waals surface area contributed by atoms with Crippen molar-refractivity contribution in [3.05, 3.63) is 78.5 Å². The van der Waals surface area contributed by atoms with Crippen LogP contribution in [0.4, 0.5) is 10.1 Å². The summed E-state index contributed by atoms with van der Waals surface area (Å²) < 4.78 is 40.1. The van der Waals surface area contributed by atoms with Crippen molar-refractivity contribution in [2.45, 2.75) is 32.7 Å². The molecule has 6 rings (SSSR count). The first-order chi connectivity index (χ1) is 21.2. The minimum atomic E-state index is -3.45. The van der Waals surface area contributed by atoms with Gasteiger partial charge in [-0.15, -0.1) is 0 Å². The predicted octanol–water partition coefficient (Wildman–Crippen LogP) is 5.55. The minimum absolute atomic E-state index is 0.0443. The Kier molecular flexibility index (Phi) is 7.89. The molecule has 4 aromatic heterocycles. The predicted molar refractivity (Wildman–Crippen MR) is 167 cm³/mol. The van der Waals surface area contributed by atoms with Crippen LogP contribution in [0.5, 0.6) is 0 Å². The van der Waals surface area contributed by atoms with Crippen molar-refractivity contribution < 1.29 is 17.6 Å². The Labute approximate surface area is 252 Å². The molecule has 0 fully saturated rings. The highest BCUT2D eigenvalue weighted by Gasteiger charge is 2.18. The number of hydrogen-bond acceptors (Lipinski definition) is 7. The molecule has 13 heteroatoms. The van der Waals surface area contributed by atoms with E-state index in [-0.39, 0.29) is 12.5 Å². The smallest absolute Gasteiger partial charge is 0.224 e. The van der Waals surface area contributed by atoms with Crippen molar-refractivity contribution in [3.8, 4) is 33.9 Å². The van der Waals surface area contributed by atoms with Crippen molar-refractivity contribution in [1.82, 2.24) is 34.9 Å². The first kappa shape index (κ1) is 29.1. The van der Waals surface area contributed by atoms with Crippen molar-refractivity contribution >= 4 is 43.6 Å². The molecule has 6 aromatic rings. The van der Waals surface area contributed by atoms with E-state index in [1.54, 1.807) is 30.7 Å². The van der Waals surface area contributed by atoms with Crippen LogP contribution in [0.1, 0.15) is 31.7 Å². The van der Waals surface area contributed by atoms with Crippen LogP contribution >= 0.6 is 0 Å². The number of benzene rings is 2. The molecule has 0 saturated carbocycles. The van der Waals surface area contributed by atoms with Gasteiger partial charge in [-0.05, 0) is 60.0 Å². The lowest BCUT2D eigenvalue weighted by atomic mass is 10.0. The highest BCUT2D eigenvalue weighted by Crippen LogP contribution is 2.33. The zero-order valence-corrected chi connectivity index (χ0v) is 24.8. The van der Waals surface area contributed by atoms with Gasteiger partial charge >= 0.3 is 0 Å². The van der Waals surface area contributed by atoms with Crippen LogP contribution in [0, 0.1) is 5.82 Å². The molecule has 0 aliphatic rings. The van der Waals surface area contributed by atoms with Crippen LogP contribution in [-0.2, 0) is 21.4 Å². The molecule has 1 amide bonds. The molecule has 0 bridgehead atoms. The summed E-state index contributed by atoms with van der Waals surface area (Å²) in [5, 5.41) is 11.3. The summed E-state index contributed by atoms with van der Waals surface area (Å²) in [6, 6.07) is 13.8. The lowest BCUT2D eigenvalue weighted by molar-refractivity contribution is -0.116. The van der Waals surface area contributed by atoms with E-state index >= 15 is 0 Å². The maximum absolute atomic E-state index is 14.6. The van der Waals surface area contributed by atoms with E-state index in [4.69, 9.17) is 4.98 Å². The fraction of sp³-hybridized carbons (Fsp3) is 0.194. The number of nitrogens with zero attached hydrogens (tertiary/aromatic N) is 4. The van der Waals surface area contributed by atoms with E-state index in [9.17, 15) is 17.6 Å². The van der Waals surface area contributed by atoms with Gasteiger partial charge in [-0.25, -0.2) is 22.5 Å². The number of fused-ring (bicyclic) bond motifs is 2. The summed E-state index contributed by atoms with van der Waals surface area (Å²) >= 11 is 0. The Bertz CT molecular complexity index is 2120. The maximum Gasteiger partial charge on any atom is 0.224 e. The highest BCUT2D eigenvalue weighted by molar-refractivity contribution is 7.88. The number of aromatic amines is 2. The Balaban J connectivity index is 1.35. The number of aromatic nitrogens is 6. The van der Waals surface area contributed by atoms with Crippen molar-refractivity contribution in [1.29, 1.82) is 0 Å². The number of amides is 1. The largest absolute Gasteiger partial charge is 0.336 e. The molecule has 0 saturated heterocycles. The maximum atomic E-state index is 14.6. The van der Waals surface area contributed by atoms with Crippen LogP contribution in [0.3, 0.4) is 0 Å². The molecule has 44 heavy (non-hydrogen) atoms. The summed E-state index contributed by atoms with van der Waals surface area (Å²) in [7, 11) is -3.45. The number of pyridine rings is 2. The van der Waals surface area contributed by atoms with E-state index in [0.29, 0.717) is 51.5 Å². The van der Waals surface area contributed by atoms with Gasteiger partial charge in [0, 0.05) is 41.9 Å². The molecule has 0 aliphatic heterocycles. The molecule has 0 aliphatic carbocycles. The third-order valence-corrected chi connectivity index (χ3v) is 7.74. The van der Waals surface area contributed by atoms with E-state index in [2.05, 4.69) is 35.2 Å². The summed E-state index contributed by atoms with van der Waals surface area (Å²) in [6.45, 7) is 1.98. The Morgan fingerprint density at radius 2 is 1.84 bits per heavy atom. The molecular formula is C31H29FN8O3S. The van der Waals surface area contributed by atoms with Crippen LogP contribution in [-0.4, -0.2) is 50.7 Å². The van der Waals surface area contributed by atoms with Gasteiger partial charge < -0.3 is 10.3 Å². The fourth-order valence-corrected chi connectivity index (χ4v) is 5.39. The van der Waals surface area contributed by atoms with Gasteiger partial charge in [0.25, 0.3) is 0 Å². The van der Waals surface area contributed by atoms with Crippen LogP contribution in [0.2, 0.25) is 0 Å². The second-order valence-corrected chi connectivity index (χ2v) is 12.4. The van der Waals surface area contributed by atoms with Crippen LogP contribution < -0.4 is 10.0 Å². The molecule has 4 heterocycles. The highest BCUT2D eigenvalue weighted by atomic mass is 32.2. The van der Waals surface area contributed by atoms with Gasteiger partial charge in [-0.2, -0.15) is 5.10 Å². The number of imidazole rings is 1. The molecule has 224 valence electrons. The Morgan fingerprint density at radius 1 is 0.977 bits per heavy atom. The number of nitrogens with one attached hydrogen (secondary N) is 4. The Hall–Kier alpha value is -5.01. The standard InChI is InChI=1S/C31H29FN8O3S/c1-3-4-5-27(41)36-23-13-21(16-33-17-23)19-6-7-25-24(14-19)29(40-39-25)31-37-26-8-9-34-28(30(26)38-31)20-10-18(11-22(32)12-20)15-35-44(2,42)43/h6-14,16-17,35H,3-5,15H2,1-2H3,(H,36,41)(H,37,38)(H,39,40). The number of unbranched alkanes of at least 4 members (excludes halogenated alkanes) is 1. The van der Waals surface area contributed by atoms with Crippen LogP contribution in [0.15, 0.2) is 67.1 Å². The zero-order valence-electron chi connectivity index (χ0n) is 24.0. The monoisotopic (exact) mass is 612 g/mol. The van der Waals surface area contributed by atoms with E-state index in [1.807, 2.05) is 31.2 Å². The van der Waals surface area contributed by atoms with Gasteiger partial charge in [0.1, 0.15) is 17.0 Å². The van der Waals surface area contributed by atoms with E-state index < -0.39 is 15.8 Å². The molecular weight excluding hydrogens is 583 g/mol. The Morgan fingerprint density at radius 3 is 2.66 bits per heavy atom. The quantitative estimate of drug-likeness (QED) is 0.158. The first-order valence-electron chi connectivity index (χ1n) is 14.0. The van der Waals surface area contributed by atoms with Gasteiger partial charge in [-0.3, -0.25) is 19.9 Å². The summed E-state index contributed by atoms with van der Waals surface area (Å²) in [5.74, 6) is -0.0764. The number of rotatable bonds is 10. The third kappa shape index (κ3) is 6.33.